The van der Waals surface area contributed by atoms with Crippen molar-refractivity contribution in [2.45, 2.75) is 19.8 Å². The third kappa shape index (κ3) is 2.40. The average Bonchev–Trinajstić information content (AvgIpc) is 2.17. The largest absolute Gasteiger partial charge is 0.495 e. The first kappa shape index (κ1) is 11.3. The van der Waals surface area contributed by atoms with Gasteiger partial charge in [-0.15, -0.1) is 0 Å². The molecule has 1 aromatic rings. The molecule has 0 aromatic heterocycles. The van der Waals surface area contributed by atoms with Gasteiger partial charge >= 0.3 is 0 Å². The topological polar surface area (TPSA) is 29.5 Å². The molecule has 0 heterocycles. The second-order valence-corrected chi connectivity index (χ2v) is 3.50. The van der Waals surface area contributed by atoms with Gasteiger partial charge in [0.05, 0.1) is 12.1 Å². The summed E-state index contributed by atoms with van der Waals surface area (Å²) in [5.41, 5.74) is 2.14. The van der Waals surface area contributed by atoms with Crippen LogP contribution in [0.5, 0.6) is 5.75 Å². The standard InChI is InChI=1S/C11H15ClO2/c1-3-9-6-8(4-5-13)7-10(12)11(9)14-2/h6-7,13H,3-5H2,1-2H3. The summed E-state index contributed by atoms with van der Waals surface area (Å²) in [6.07, 6.45) is 1.51. The highest BCUT2D eigenvalue weighted by atomic mass is 35.5. The van der Waals surface area contributed by atoms with E-state index < -0.39 is 0 Å². The minimum absolute atomic E-state index is 0.145. The fraction of sp³-hybridized carbons (Fsp3) is 0.455. The molecule has 14 heavy (non-hydrogen) atoms. The van der Waals surface area contributed by atoms with Crippen molar-refractivity contribution < 1.29 is 9.84 Å². The number of rotatable bonds is 4. The number of aryl methyl sites for hydroxylation is 1. The summed E-state index contributed by atoms with van der Waals surface area (Å²) in [6.45, 7) is 2.20. The highest BCUT2D eigenvalue weighted by Gasteiger charge is 2.08. The predicted molar refractivity (Wildman–Crippen MR) is 58.2 cm³/mol. The zero-order valence-corrected chi connectivity index (χ0v) is 9.27. The van der Waals surface area contributed by atoms with Crippen molar-refractivity contribution in [3.05, 3.63) is 28.3 Å². The SMILES string of the molecule is CCc1cc(CCO)cc(Cl)c1OC. The maximum absolute atomic E-state index is 8.83. The number of aliphatic hydroxyl groups is 1. The van der Waals surface area contributed by atoms with E-state index in [4.69, 9.17) is 21.4 Å². The number of halogens is 1. The lowest BCUT2D eigenvalue weighted by Crippen LogP contribution is -1.96. The van der Waals surface area contributed by atoms with Crippen molar-refractivity contribution in [1.29, 1.82) is 0 Å². The van der Waals surface area contributed by atoms with Crippen LogP contribution in [-0.2, 0) is 12.8 Å². The van der Waals surface area contributed by atoms with E-state index in [1.165, 1.54) is 0 Å². The average molecular weight is 215 g/mol. The molecule has 2 nitrogen and oxygen atoms in total. The van der Waals surface area contributed by atoms with Crippen LogP contribution in [-0.4, -0.2) is 18.8 Å². The van der Waals surface area contributed by atoms with Crippen LogP contribution in [0, 0.1) is 0 Å². The molecule has 0 fully saturated rings. The van der Waals surface area contributed by atoms with E-state index in [1.807, 2.05) is 12.1 Å². The molecular weight excluding hydrogens is 200 g/mol. The first-order valence-corrected chi connectivity index (χ1v) is 5.06. The second kappa shape index (κ2) is 5.23. The summed E-state index contributed by atoms with van der Waals surface area (Å²) < 4.78 is 5.21. The Bertz CT molecular complexity index is 310. The van der Waals surface area contributed by atoms with E-state index in [0.29, 0.717) is 11.4 Å². The number of methoxy groups -OCH3 is 1. The Balaban J connectivity index is 3.10. The quantitative estimate of drug-likeness (QED) is 0.835. The van der Waals surface area contributed by atoms with Gasteiger partial charge in [-0.3, -0.25) is 0 Å². The van der Waals surface area contributed by atoms with Gasteiger partial charge in [0, 0.05) is 6.61 Å². The van der Waals surface area contributed by atoms with E-state index in [-0.39, 0.29) is 6.61 Å². The Morgan fingerprint density at radius 3 is 2.64 bits per heavy atom. The van der Waals surface area contributed by atoms with Gasteiger partial charge in [0.25, 0.3) is 0 Å². The summed E-state index contributed by atoms with van der Waals surface area (Å²) in [5, 5.41) is 9.45. The minimum Gasteiger partial charge on any atom is -0.495 e. The molecule has 0 radical (unpaired) electrons. The van der Waals surface area contributed by atoms with Crippen LogP contribution in [0.4, 0.5) is 0 Å². The normalized spacial score (nSPS) is 10.3. The molecule has 0 aliphatic carbocycles. The summed E-state index contributed by atoms with van der Waals surface area (Å²) in [6, 6.07) is 3.87. The number of hydrogen-bond acceptors (Lipinski definition) is 2. The first-order valence-electron chi connectivity index (χ1n) is 4.69. The van der Waals surface area contributed by atoms with Gasteiger partial charge in [0.15, 0.2) is 0 Å². The van der Waals surface area contributed by atoms with E-state index in [2.05, 4.69) is 6.92 Å². The van der Waals surface area contributed by atoms with Gasteiger partial charge in [-0.1, -0.05) is 24.6 Å². The second-order valence-electron chi connectivity index (χ2n) is 3.10. The smallest absolute Gasteiger partial charge is 0.140 e. The Morgan fingerprint density at radius 2 is 2.14 bits per heavy atom. The molecule has 0 unspecified atom stereocenters. The molecule has 1 N–H and O–H groups in total. The van der Waals surface area contributed by atoms with Gasteiger partial charge in [-0.25, -0.2) is 0 Å². The van der Waals surface area contributed by atoms with Crippen molar-refractivity contribution >= 4 is 11.6 Å². The van der Waals surface area contributed by atoms with Gasteiger partial charge in [-0.2, -0.15) is 0 Å². The lowest BCUT2D eigenvalue weighted by molar-refractivity contribution is 0.299. The van der Waals surface area contributed by atoms with E-state index in [0.717, 1.165) is 23.3 Å². The molecule has 0 aliphatic heterocycles. The molecule has 0 saturated carbocycles. The van der Waals surface area contributed by atoms with Crippen LogP contribution in [0.3, 0.4) is 0 Å². The van der Waals surface area contributed by atoms with Crippen LogP contribution in [0.15, 0.2) is 12.1 Å². The molecule has 0 bridgehead atoms. The van der Waals surface area contributed by atoms with Crippen LogP contribution >= 0.6 is 11.6 Å². The predicted octanol–water partition coefficient (Wildman–Crippen LogP) is 2.45. The van der Waals surface area contributed by atoms with Crippen LogP contribution in [0.25, 0.3) is 0 Å². The third-order valence-corrected chi connectivity index (χ3v) is 2.45. The zero-order valence-electron chi connectivity index (χ0n) is 8.51. The van der Waals surface area contributed by atoms with Crippen LogP contribution in [0.2, 0.25) is 5.02 Å². The number of benzene rings is 1. The van der Waals surface area contributed by atoms with Crippen molar-refractivity contribution in [1.82, 2.24) is 0 Å². The Hall–Kier alpha value is -0.730. The Morgan fingerprint density at radius 1 is 1.43 bits per heavy atom. The Kier molecular flexibility index (Phi) is 4.23. The fourth-order valence-electron chi connectivity index (χ4n) is 1.48. The lowest BCUT2D eigenvalue weighted by atomic mass is 10.1. The third-order valence-electron chi connectivity index (χ3n) is 2.17. The van der Waals surface area contributed by atoms with Gasteiger partial charge in [0.2, 0.25) is 0 Å². The van der Waals surface area contributed by atoms with Gasteiger partial charge in [0.1, 0.15) is 5.75 Å². The molecule has 0 spiro atoms. The molecule has 1 rings (SSSR count). The monoisotopic (exact) mass is 214 g/mol. The molecular formula is C11H15ClO2. The van der Waals surface area contributed by atoms with E-state index >= 15 is 0 Å². The highest BCUT2D eigenvalue weighted by Crippen LogP contribution is 2.30. The maximum Gasteiger partial charge on any atom is 0.140 e. The van der Waals surface area contributed by atoms with Gasteiger partial charge < -0.3 is 9.84 Å². The van der Waals surface area contributed by atoms with Crippen molar-refractivity contribution in [2.24, 2.45) is 0 Å². The van der Waals surface area contributed by atoms with Crippen molar-refractivity contribution in [3.8, 4) is 5.75 Å². The minimum atomic E-state index is 0.145. The van der Waals surface area contributed by atoms with Crippen LogP contribution in [0.1, 0.15) is 18.1 Å². The molecule has 0 amide bonds. The van der Waals surface area contributed by atoms with E-state index in [9.17, 15) is 0 Å². The summed E-state index contributed by atoms with van der Waals surface area (Å²) in [7, 11) is 1.62. The summed E-state index contributed by atoms with van der Waals surface area (Å²) in [5.74, 6) is 0.746. The van der Waals surface area contributed by atoms with Gasteiger partial charge in [-0.05, 0) is 30.0 Å². The molecule has 78 valence electrons. The number of aliphatic hydroxyl groups excluding tert-OH is 1. The molecule has 1 aromatic carbocycles. The van der Waals surface area contributed by atoms with Crippen molar-refractivity contribution in [2.75, 3.05) is 13.7 Å². The van der Waals surface area contributed by atoms with Crippen LogP contribution < -0.4 is 4.74 Å². The highest BCUT2D eigenvalue weighted by molar-refractivity contribution is 6.32. The Labute approximate surface area is 89.5 Å². The molecule has 0 atom stereocenters. The number of hydrogen-bond donors (Lipinski definition) is 1. The van der Waals surface area contributed by atoms with E-state index in [1.54, 1.807) is 7.11 Å². The number of ether oxygens (including phenoxy) is 1. The fourth-order valence-corrected chi connectivity index (χ4v) is 1.82. The zero-order chi connectivity index (χ0) is 10.6. The summed E-state index contributed by atoms with van der Waals surface area (Å²) in [4.78, 5) is 0. The molecule has 0 aliphatic rings. The summed E-state index contributed by atoms with van der Waals surface area (Å²) >= 11 is 6.04. The van der Waals surface area contributed by atoms with Crippen molar-refractivity contribution in [3.63, 3.8) is 0 Å². The molecule has 0 saturated heterocycles. The molecule has 3 heteroatoms. The maximum atomic E-state index is 8.83. The lowest BCUT2D eigenvalue weighted by Gasteiger charge is -2.11. The first-order chi connectivity index (χ1) is 6.72.